The van der Waals surface area contributed by atoms with Gasteiger partial charge in [0, 0.05) is 6.20 Å². The van der Waals surface area contributed by atoms with Gasteiger partial charge >= 0.3 is 11.7 Å². The fourth-order valence-corrected chi connectivity index (χ4v) is 1.78. The summed E-state index contributed by atoms with van der Waals surface area (Å²) in [6, 6.07) is 4.51. The summed E-state index contributed by atoms with van der Waals surface area (Å²) in [6.07, 6.45) is 6.00. The normalized spacial score (nSPS) is 10.1. The smallest absolute Gasteiger partial charge is 0.342 e. The molecule has 0 atom stereocenters. The fourth-order valence-electron chi connectivity index (χ4n) is 1.78. The van der Waals surface area contributed by atoms with Crippen LogP contribution in [0.2, 0.25) is 0 Å². The Balaban J connectivity index is 2.84. The van der Waals surface area contributed by atoms with Gasteiger partial charge in [0.1, 0.15) is 11.4 Å². The van der Waals surface area contributed by atoms with Gasteiger partial charge in [-0.25, -0.2) is 18.5 Å². The zero-order valence-electron chi connectivity index (χ0n) is 10.6. The molecule has 0 bridgehead atoms. The first kappa shape index (κ1) is 14.3. The predicted molar refractivity (Wildman–Crippen MR) is 72.0 cm³/mol. The number of benzene rings is 1. The Labute approximate surface area is 117 Å². The van der Waals surface area contributed by atoms with E-state index in [1.807, 2.05) is 0 Å². The first-order chi connectivity index (χ1) is 9.95. The van der Waals surface area contributed by atoms with E-state index in [0.29, 0.717) is 4.57 Å². The highest BCUT2D eigenvalue weighted by Crippen LogP contribution is 2.05. The monoisotopic (exact) mass is 288 g/mol. The van der Waals surface area contributed by atoms with Crippen LogP contribution in [0.25, 0.3) is 5.69 Å². The number of rotatable bonds is 3. The van der Waals surface area contributed by atoms with Gasteiger partial charge in [-0.2, -0.15) is 0 Å². The number of carboxylic acids is 1. The second-order valence-corrected chi connectivity index (χ2v) is 4.08. The van der Waals surface area contributed by atoms with Crippen molar-refractivity contribution in [3.63, 3.8) is 0 Å². The summed E-state index contributed by atoms with van der Waals surface area (Å²) in [6.45, 7) is -0.194. The van der Waals surface area contributed by atoms with E-state index in [1.165, 1.54) is 12.1 Å². The Bertz CT molecular complexity index is 857. The topological polar surface area (TPSA) is 81.3 Å². The van der Waals surface area contributed by atoms with Gasteiger partial charge < -0.3 is 5.11 Å². The summed E-state index contributed by atoms with van der Waals surface area (Å²) in [7, 11) is 0. The molecule has 1 aromatic carbocycles. The minimum atomic E-state index is -1.48. The number of hydrogen-bond donors (Lipinski definition) is 1. The standard InChI is InChI=1S/C14H9FN2O4/c1-2-7-16-8-11(13(19)20)12(18)17(14(16)21)10-5-3-9(15)4-6-10/h1,3-6,8H,7H2,(H,19,20). The first-order valence-corrected chi connectivity index (χ1v) is 5.75. The van der Waals surface area contributed by atoms with E-state index in [2.05, 4.69) is 5.92 Å². The highest BCUT2D eigenvalue weighted by molar-refractivity contribution is 5.86. The van der Waals surface area contributed by atoms with Gasteiger partial charge in [-0.1, -0.05) is 5.92 Å². The van der Waals surface area contributed by atoms with Crippen molar-refractivity contribution >= 4 is 5.97 Å². The lowest BCUT2D eigenvalue weighted by Gasteiger charge is -2.09. The molecule has 7 heteroatoms. The van der Waals surface area contributed by atoms with Gasteiger partial charge in [-0.3, -0.25) is 9.36 Å². The second-order valence-electron chi connectivity index (χ2n) is 4.08. The Morgan fingerprint density at radius 1 is 1.29 bits per heavy atom. The molecule has 0 aliphatic carbocycles. The van der Waals surface area contributed by atoms with Crippen molar-refractivity contribution in [2.75, 3.05) is 0 Å². The minimum Gasteiger partial charge on any atom is -0.477 e. The molecule has 1 heterocycles. The number of nitrogens with zero attached hydrogens (tertiary/aromatic N) is 2. The van der Waals surface area contributed by atoms with Crippen LogP contribution in [0.5, 0.6) is 0 Å². The molecule has 1 aromatic heterocycles. The van der Waals surface area contributed by atoms with E-state index in [4.69, 9.17) is 11.5 Å². The lowest BCUT2D eigenvalue weighted by atomic mass is 10.3. The van der Waals surface area contributed by atoms with Gasteiger partial charge in [0.05, 0.1) is 12.2 Å². The highest BCUT2D eigenvalue weighted by Gasteiger charge is 2.17. The van der Waals surface area contributed by atoms with E-state index in [1.54, 1.807) is 0 Å². The molecule has 0 aliphatic heterocycles. The van der Waals surface area contributed by atoms with Crippen LogP contribution < -0.4 is 11.2 Å². The maximum absolute atomic E-state index is 12.9. The average Bonchev–Trinajstić information content (AvgIpc) is 2.44. The lowest BCUT2D eigenvalue weighted by molar-refractivity contribution is 0.0693. The summed E-state index contributed by atoms with van der Waals surface area (Å²) in [5.41, 5.74) is -2.35. The van der Waals surface area contributed by atoms with Crippen LogP contribution in [0, 0.1) is 18.2 Å². The van der Waals surface area contributed by atoms with Crippen molar-refractivity contribution in [2.45, 2.75) is 6.54 Å². The zero-order valence-corrected chi connectivity index (χ0v) is 10.6. The van der Waals surface area contributed by atoms with Gasteiger partial charge in [0.2, 0.25) is 0 Å². The number of carboxylic acid groups (broad SMARTS) is 1. The largest absolute Gasteiger partial charge is 0.477 e. The van der Waals surface area contributed by atoms with E-state index < -0.39 is 28.6 Å². The Morgan fingerprint density at radius 2 is 1.90 bits per heavy atom. The van der Waals surface area contributed by atoms with Crippen molar-refractivity contribution in [1.82, 2.24) is 9.13 Å². The summed E-state index contributed by atoms with van der Waals surface area (Å²) in [5.74, 6) is 0.157. The minimum absolute atomic E-state index is 0.0558. The van der Waals surface area contributed by atoms with Crippen molar-refractivity contribution < 1.29 is 14.3 Å². The summed E-state index contributed by atoms with van der Waals surface area (Å²) < 4.78 is 14.5. The molecular weight excluding hydrogens is 279 g/mol. The first-order valence-electron chi connectivity index (χ1n) is 5.75. The number of carbonyl (C=O) groups is 1. The molecule has 21 heavy (non-hydrogen) atoms. The molecule has 0 saturated heterocycles. The Morgan fingerprint density at radius 3 is 2.43 bits per heavy atom. The number of halogens is 1. The molecule has 6 nitrogen and oxygen atoms in total. The Hall–Kier alpha value is -3.14. The molecule has 0 aliphatic rings. The maximum Gasteiger partial charge on any atom is 0.342 e. The van der Waals surface area contributed by atoms with E-state index in [-0.39, 0.29) is 12.2 Å². The molecule has 0 saturated carbocycles. The molecule has 0 fully saturated rings. The molecule has 0 radical (unpaired) electrons. The Kier molecular flexibility index (Phi) is 3.71. The van der Waals surface area contributed by atoms with E-state index in [9.17, 15) is 18.8 Å². The lowest BCUT2D eigenvalue weighted by Crippen LogP contribution is -2.41. The van der Waals surface area contributed by atoms with Crippen molar-refractivity contribution in [3.05, 3.63) is 62.7 Å². The summed E-state index contributed by atoms with van der Waals surface area (Å²) in [5, 5.41) is 9.02. The molecule has 106 valence electrons. The number of aromatic carboxylic acids is 1. The van der Waals surface area contributed by atoms with E-state index in [0.717, 1.165) is 22.9 Å². The molecule has 2 aromatic rings. The predicted octanol–water partition coefficient (Wildman–Crippen LogP) is 0.470. The van der Waals surface area contributed by atoms with Crippen LogP contribution in [0.3, 0.4) is 0 Å². The highest BCUT2D eigenvalue weighted by atomic mass is 19.1. The SMILES string of the molecule is C#CCn1cc(C(=O)O)c(=O)n(-c2ccc(F)cc2)c1=O. The van der Waals surface area contributed by atoms with Gasteiger partial charge in [0.15, 0.2) is 0 Å². The summed E-state index contributed by atoms with van der Waals surface area (Å²) >= 11 is 0. The van der Waals surface area contributed by atoms with Crippen LogP contribution >= 0.6 is 0 Å². The molecule has 2 rings (SSSR count). The maximum atomic E-state index is 12.9. The van der Waals surface area contributed by atoms with Gasteiger partial charge in [-0.15, -0.1) is 6.42 Å². The fraction of sp³-hybridized carbons (Fsp3) is 0.0714. The van der Waals surface area contributed by atoms with Gasteiger partial charge in [0.25, 0.3) is 5.56 Å². The number of hydrogen-bond acceptors (Lipinski definition) is 3. The molecule has 1 N–H and O–H groups in total. The van der Waals surface area contributed by atoms with E-state index >= 15 is 0 Å². The number of terminal acetylenes is 1. The van der Waals surface area contributed by atoms with Crippen LogP contribution in [0.1, 0.15) is 10.4 Å². The molecule has 0 unspecified atom stereocenters. The second kappa shape index (κ2) is 5.46. The third kappa shape index (κ3) is 2.60. The molecular formula is C14H9FN2O4. The van der Waals surface area contributed by atoms with Crippen molar-refractivity contribution in [1.29, 1.82) is 0 Å². The molecule has 0 amide bonds. The van der Waals surface area contributed by atoms with Crippen LogP contribution in [0.4, 0.5) is 4.39 Å². The summed E-state index contributed by atoms with van der Waals surface area (Å²) in [4.78, 5) is 35.4. The van der Waals surface area contributed by atoms with Crippen LogP contribution in [-0.2, 0) is 6.54 Å². The van der Waals surface area contributed by atoms with Crippen LogP contribution in [-0.4, -0.2) is 20.2 Å². The van der Waals surface area contributed by atoms with Crippen molar-refractivity contribution in [3.8, 4) is 18.0 Å². The average molecular weight is 288 g/mol. The third-order valence-corrected chi connectivity index (χ3v) is 2.73. The van der Waals surface area contributed by atoms with Crippen LogP contribution in [0.15, 0.2) is 40.1 Å². The zero-order chi connectivity index (χ0) is 15.6. The van der Waals surface area contributed by atoms with Crippen molar-refractivity contribution in [2.24, 2.45) is 0 Å². The molecule has 0 spiro atoms. The number of aromatic nitrogens is 2. The third-order valence-electron chi connectivity index (χ3n) is 2.73. The van der Waals surface area contributed by atoms with Gasteiger partial charge in [-0.05, 0) is 24.3 Å². The quantitative estimate of drug-likeness (QED) is 0.832.